The van der Waals surface area contributed by atoms with Crippen LogP contribution in [0.15, 0.2) is 54.6 Å². The van der Waals surface area contributed by atoms with E-state index in [-0.39, 0.29) is 24.3 Å². The maximum absolute atomic E-state index is 12.2. The van der Waals surface area contributed by atoms with Gasteiger partial charge in [-0.05, 0) is 18.1 Å². The third-order valence-electron chi connectivity index (χ3n) is 3.58. The minimum absolute atomic E-state index is 0.0896. The summed E-state index contributed by atoms with van der Waals surface area (Å²) < 4.78 is 0. The topological polar surface area (TPSA) is 58.2 Å². The molecule has 2 rings (SSSR count). The number of hydrogen-bond acceptors (Lipinski definition) is 2. The van der Waals surface area contributed by atoms with E-state index in [1.807, 2.05) is 61.5 Å². The van der Waals surface area contributed by atoms with Crippen molar-refractivity contribution in [3.63, 3.8) is 0 Å². The minimum Gasteiger partial charge on any atom is -0.352 e. The lowest BCUT2D eigenvalue weighted by molar-refractivity contribution is -0.122. The van der Waals surface area contributed by atoms with E-state index in [0.717, 1.165) is 16.7 Å². The summed E-state index contributed by atoms with van der Waals surface area (Å²) >= 11 is 0. The molecule has 4 nitrogen and oxygen atoms in total. The Labute approximate surface area is 136 Å². The Kier molecular flexibility index (Phi) is 5.92. The summed E-state index contributed by atoms with van der Waals surface area (Å²) in [4.78, 5) is 23.6. The van der Waals surface area contributed by atoms with Crippen molar-refractivity contribution in [3.05, 3.63) is 71.3 Å². The third kappa shape index (κ3) is 5.58. The van der Waals surface area contributed by atoms with Crippen LogP contribution in [0.4, 0.5) is 0 Å². The first kappa shape index (κ1) is 16.7. The SMILES string of the molecule is CC(=O)NC(CC(=O)NCc1ccccc1)c1ccc(C)cc1. The van der Waals surface area contributed by atoms with Crippen molar-refractivity contribution in [1.82, 2.24) is 10.6 Å². The summed E-state index contributed by atoms with van der Waals surface area (Å²) in [6.07, 6.45) is 0.218. The van der Waals surface area contributed by atoms with Crippen molar-refractivity contribution in [2.24, 2.45) is 0 Å². The van der Waals surface area contributed by atoms with Gasteiger partial charge in [-0.15, -0.1) is 0 Å². The van der Waals surface area contributed by atoms with Crippen molar-refractivity contribution < 1.29 is 9.59 Å². The van der Waals surface area contributed by atoms with Crippen LogP contribution in [0.3, 0.4) is 0 Å². The molecule has 120 valence electrons. The van der Waals surface area contributed by atoms with Gasteiger partial charge in [-0.1, -0.05) is 60.2 Å². The van der Waals surface area contributed by atoms with Crippen molar-refractivity contribution in [3.8, 4) is 0 Å². The van der Waals surface area contributed by atoms with Gasteiger partial charge in [-0.3, -0.25) is 9.59 Å². The van der Waals surface area contributed by atoms with Crippen LogP contribution >= 0.6 is 0 Å². The Morgan fingerprint density at radius 3 is 2.26 bits per heavy atom. The van der Waals surface area contributed by atoms with E-state index in [4.69, 9.17) is 0 Å². The standard InChI is InChI=1S/C19H22N2O2/c1-14-8-10-17(11-9-14)18(21-15(2)22)12-19(23)20-13-16-6-4-3-5-7-16/h3-11,18H,12-13H2,1-2H3,(H,20,23)(H,21,22). The maximum atomic E-state index is 12.2. The number of carbonyl (C=O) groups is 2. The molecule has 0 saturated carbocycles. The van der Waals surface area contributed by atoms with Crippen LogP contribution in [-0.4, -0.2) is 11.8 Å². The van der Waals surface area contributed by atoms with E-state index >= 15 is 0 Å². The van der Waals surface area contributed by atoms with Crippen molar-refractivity contribution >= 4 is 11.8 Å². The minimum atomic E-state index is -0.316. The van der Waals surface area contributed by atoms with Gasteiger partial charge in [-0.2, -0.15) is 0 Å². The summed E-state index contributed by atoms with van der Waals surface area (Å²) in [5.74, 6) is -0.236. The highest BCUT2D eigenvalue weighted by molar-refractivity contribution is 5.79. The van der Waals surface area contributed by atoms with E-state index < -0.39 is 0 Å². The zero-order chi connectivity index (χ0) is 16.7. The molecular formula is C19H22N2O2. The van der Waals surface area contributed by atoms with Crippen molar-refractivity contribution in [2.75, 3.05) is 0 Å². The van der Waals surface area contributed by atoms with Gasteiger partial charge in [0.15, 0.2) is 0 Å². The molecule has 2 N–H and O–H groups in total. The molecule has 0 aliphatic carbocycles. The molecule has 0 aliphatic rings. The highest BCUT2D eigenvalue weighted by Crippen LogP contribution is 2.17. The average molecular weight is 310 g/mol. The third-order valence-corrected chi connectivity index (χ3v) is 3.58. The molecule has 0 heterocycles. The van der Waals surface area contributed by atoms with Crippen LogP contribution in [0.5, 0.6) is 0 Å². The fraction of sp³-hybridized carbons (Fsp3) is 0.263. The summed E-state index contributed by atoms with van der Waals surface area (Å²) in [5, 5.41) is 5.74. The van der Waals surface area contributed by atoms with E-state index in [1.165, 1.54) is 6.92 Å². The Hall–Kier alpha value is -2.62. The zero-order valence-corrected chi connectivity index (χ0v) is 13.5. The molecule has 0 radical (unpaired) electrons. The smallest absolute Gasteiger partial charge is 0.222 e. The predicted octanol–water partition coefficient (Wildman–Crippen LogP) is 2.88. The molecule has 2 aromatic carbocycles. The van der Waals surface area contributed by atoms with Crippen LogP contribution < -0.4 is 10.6 Å². The monoisotopic (exact) mass is 310 g/mol. The molecule has 23 heavy (non-hydrogen) atoms. The molecule has 0 aromatic heterocycles. The molecule has 2 amide bonds. The zero-order valence-electron chi connectivity index (χ0n) is 13.5. The van der Waals surface area contributed by atoms with Gasteiger partial charge >= 0.3 is 0 Å². The number of aryl methyl sites for hydroxylation is 1. The number of benzene rings is 2. The van der Waals surface area contributed by atoms with Gasteiger partial charge in [0.25, 0.3) is 0 Å². The van der Waals surface area contributed by atoms with Gasteiger partial charge < -0.3 is 10.6 Å². The van der Waals surface area contributed by atoms with Crippen LogP contribution in [-0.2, 0) is 16.1 Å². The molecule has 0 spiro atoms. The first-order valence-electron chi connectivity index (χ1n) is 7.69. The normalized spacial score (nSPS) is 11.6. The average Bonchev–Trinajstić information content (AvgIpc) is 2.53. The quantitative estimate of drug-likeness (QED) is 0.862. The number of carbonyl (C=O) groups excluding carboxylic acids is 2. The van der Waals surface area contributed by atoms with Crippen LogP contribution in [0, 0.1) is 6.92 Å². The Morgan fingerprint density at radius 2 is 1.65 bits per heavy atom. The molecule has 0 fully saturated rings. The summed E-state index contributed by atoms with van der Waals surface area (Å²) in [6, 6.07) is 17.3. The Balaban J connectivity index is 1.98. The van der Waals surface area contributed by atoms with E-state index in [2.05, 4.69) is 10.6 Å². The fourth-order valence-corrected chi connectivity index (χ4v) is 2.35. The highest BCUT2D eigenvalue weighted by atomic mass is 16.2. The Morgan fingerprint density at radius 1 is 1.00 bits per heavy atom. The van der Waals surface area contributed by atoms with Gasteiger partial charge in [0.2, 0.25) is 11.8 Å². The molecule has 0 bridgehead atoms. The van der Waals surface area contributed by atoms with E-state index in [0.29, 0.717) is 6.54 Å². The van der Waals surface area contributed by atoms with Crippen molar-refractivity contribution in [1.29, 1.82) is 0 Å². The second-order valence-electron chi connectivity index (χ2n) is 5.63. The van der Waals surface area contributed by atoms with Gasteiger partial charge in [-0.25, -0.2) is 0 Å². The largest absolute Gasteiger partial charge is 0.352 e. The van der Waals surface area contributed by atoms with E-state index in [9.17, 15) is 9.59 Å². The molecule has 0 aliphatic heterocycles. The summed E-state index contributed by atoms with van der Waals surface area (Å²) in [7, 11) is 0. The van der Waals surface area contributed by atoms with Gasteiger partial charge in [0.05, 0.1) is 12.5 Å². The molecular weight excluding hydrogens is 288 g/mol. The number of hydrogen-bond donors (Lipinski definition) is 2. The van der Waals surface area contributed by atoms with Crippen LogP contribution in [0.1, 0.15) is 36.1 Å². The van der Waals surface area contributed by atoms with E-state index in [1.54, 1.807) is 0 Å². The summed E-state index contributed by atoms with van der Waals surface area (Å²) in [5.41, 5.74) is 3.12. The highest BCUT2D eigenvalue weighted by Gasteiger charge is 2.16. The first-order valence-corrected chi connectivity index (χ1v) is 7.69. The van der Waals surface area contributed by atoms with Gasteiger partial charge in [0, 0.05) is 13.5 Å². The van der Waals surface area contributed by atoms with Crippen molar-refractivity contribution in [2.45, 2.75) is 32.9 Å². The Bertz CT molecular complexity index is 651. The molecule has 2 aromatic rings. The number of amides is 2. The van der Waals surface area contributed by atoms with Crippen LogP contribution in [0.2, 0.25) is 0 Å². The molecule has 0 saturated heterocycles. The molecule has 1 atom stereocenters. The summed E-state index contributed by atoms with van der Waals surface area (Å²) in [6.45, 7) is 3.95. The lowest BCUT2D eigenvalue weighted by Gasteiger charge is -2.18. The second kappa shape index (κ2) is 8.13. The van der Waals surface area contributed by atoms with Gasteiger partial charge in [0.1, 0.15) is 0 Å². The lowest BCUT2D eigenvalue weighted by atomic mass is 10.0. The molecule has 4 heteroatoms. The number of nitrogens with one attached hydrogen (secondary N) is 2. The van der Waals surface area contributed by atoms with Crippen LogP contribution in [0.25, 0.3) is 0 Å². The second-order valence-corrected chi connectivity index (χ2v) is 5.63. The lowest BCUT2D eigenvalue weighted by Crippen LogP contribution is -2.32. The first-order chi connectivity index (χ1) is 11.0. The predicted molar refractivity (Wildman–Crippen MR) is 90.6 cm³/mol. The number of rotatable bonds is 6. The maximum Gasteiger partial charge on any atom is 0.222 e. The fourth-order valence-electron chi connectivity index (χ4n) is 2.35. The molecule has 1 unspecified atom stereocenters.